The van der Waals surface area contributed by atoms with Gasteiger partial charge in [0.2, 0.25) is 5.88 Å². The van der Waals surface area contributed by atoms with E-state index < -0.39 is 0 Å². The molecule has 0 saturated heterocycles. The van der Waals surface area contributed by atoms with Gasteiger partial charge in [0.05, 0.1) is 5.69 Å². The molecule has 2 rings (SSSR count). The summed E-state index contributed by atoms with van der Waals surface area (Å²) in [5.41, 5.74) is 2.37. The summed E-state index contributed by atoms with van der Waals surface area (Å²) in [6.45, 7) is 8.53. The van der Waals surface area contributed by atoms with E-state index in [0.29, 0.717) is 5.88 Å². The summed E-state index contributed by atoms with van der Waals surface area (Å²) in [7, 11) is 0. The highest BCUT2D eigenvalue weighted by atomic mass is 79.9. The van der Waals surface area contributed by atoms with E-state index in [4.69, 9.17) is 4.74 Å². The second-order valence-corrected chi connectivity index (χ2v) is 6.45. The van der Waals surface area contributed by atoms with Crippen LogP contribution in [0.1, 0.15) is 32.0 Å². The Bertz CT molecular complexity index is 570. The van der Waals surface area contributed by atoms with Crippen molar-refractivity contribution in [3.63, 3.8) is 0 Å². The molecule has 0 aliphatic rings. The Hall–Kier alpha value is -1.35. The van der Waals surface area contributed by atoms with E-state index >= 15 is 0 Å². The highest BCUT2D eigenvalue weighted by molar-refractivity contribution is 9.10. The summed E-state index contributed by atoms with van der Waals surface area (Å²) in [5, 5.41) is 0. The summed E-state index contributed by atoms with van der Waals surface area (Å²) in [5.74, 6) is 1.42. The number of halogens is 1. The first kappa shape index (κ1) is 14.1. The molecule has 0 bridgehead atoms. The molecule has 100 valence electrons. The van der Waals surface area contributed by atoms with Crippen molar-refractivity contribution in [2.75, 3.05) is 0 Å². The third kappa shape index (κ3) is 3.57. The third-order valence-corrected chi connectivity index (χ3v) is 3.78. The van der Waals surface area contributed by atoms with Crippen molar-refractivity contribution in [2.45, 2.75) is 33.1 Å². The van der Waals surface area contributed by atoms with Crippen molar-refractivity contribution < 1.29 is 4.74 Å². The van der Waals surface area contributed by atoms with Crippen LogP contribution >= 0.6 is 15.9 Å². The fourth-order valence-electron chi connectivity index (χ4n) is 1.72. The van der Waals surface area contributed by atoms with Crippen LogP contribution in [0.5, 0.6) is 11.6 Å². The number of hydrogen-bond donors (Lipinski definition) is 0. The predicted octanol–water partition coefficient (Wildman–Crippen LogP) is 5.24. The smallest absolute Gasteiger partial charge is 0.219 e. The molecule has 0 radical (unpaired) electrons. The zero-order valence-electron chi connectivity index (χ0n) is 11.7. The van der Waals surface area contributed by atoms with Crippen LogP contribution < -0.4 is 4.74 Å². The number of nitrogens with zero attached hydrogens (tertiary/aromatic N) is 1. The van der Waals surface area contributed by atoms with Gasteiger partial charge in [-0.3, -0.25) is 0 Å². The lowest BCUT2D eigenvalue weighted by Crippen LogP contribution is -2.10. The van der Waals surface area contributed by atoms with Gasteiger partial charge in [-0.2, -0.15) is 0 Å². The van der Waals surface area contributed by atoms with Crippen molar-refractivity contribution in [3.8, 4) is 11.6 Å². The van der Waals surface area contributed by atoms with E-state index in [1.165, 1.54) is 5.56 Å². The molecule has 1 aromatic heterocycles. The quantitative estimate of drug-likeness (QED) is 0.754. The fraction of sp³-hybridized carbons (Fsp3) is 0.312. The van der Waals surface area contributed by atoms with Gasteiger partial charge in [0.25, 0.3) is 0 Å². The summed E-state index contributed by atoms with van der Waals surface area (Å²) in [6, 6.07) is 12.0. The molecule has 19 heavy (non-hydrogen) atoms. The molecular weight excluding hydrogens is 302 g/mol. The van der Waals surface area contributed by atoms with Crippen LogP contribution in [0.25, 0.3) is 0 Å². The molecule has 0 aliphatic heterocycles. The van der Waals surface area contributed by atoms with Gasteiger partial charge in [0.1, 0.15) is 5.75 Å². The molecule has 3 heteroatoms. The van der Waals surface area contributed by atoms with E-state index in [1.54, 1.807) is 0 Å². The van der Waals surface area contributed by atoms with Crippen LogP contribution in [0.2, 0.25) is 0 Å². The van der Waals surface area contributed by atoms with Gasteiger partial charge in [-0.25, -0.2) is 4.98 Å². The van der Waals surface area contributed by atoms with Gasteiger partial charge in [0, 0.05) is 10.5 Å². The summed E-state index contributed by atoms with van der Waals surface area (Å²) in [4.78, 5) is 4.37. The summed E-state index contributed by atoms with van der Waals surface area (Å²) < 4.78 is 6.74. The number of rotatable bonds is 2. The highest BCUT2D eigenvalue weighted by Gasteiger charge is 2.13. The van der Waals surface area contributed by atoms with E-state index in [-0.39, 0.29) is 5.41 Å². The number of ether oxygens (including phenoxy) is 1. The van der Waals surface area contributed by atoms with Crippen molar-refractivity contribution in [1.29, 1.82) is 0 Å². The molecular formula is C16H18BrNO. The van der Waals surface area contributed by atoms with E-state index in [9.17, 15) is 0 Å². The zero-order chi connectivity index (χ0) is 14.0. The lowest BCUT2D eigenvalue weighted by atomic mass is 9.87. The minimum Gasteiger partial charge on any atom is -0.439 e. The largest absolute Gasteiger partial charge is 0.439 e. The number of aryl methyl sites for hydroxylation is 1. The lowest BCUT2D eigenvalue weighted by Gasteiger charge is -2.19. The lowest BCUT2D eigenvalue weighted by molar-refractivity contribution is 0.460. The fourth-order valence-corrected chi connectivity index (χ4v) is 1.94. The van der Waals surface area contributed by atoms with Gasteiger partial charge in [0.15, 0.2) is 0 Å². The van der Waals surface area contributed by atoms with Gasteiger partial charge < -0.3 is 4.74 Å². The van der Waals surface area contributed by atoms with Crippen LogP contribution in [0, 0.1) is 6.92 Å². The van der Waals surface area contributed by atoms with Crippen LogP contribution in [0.15, 0.2) is 40.9 Å². The van der Waals surface area contributed by atoms with Crippen LogP contribution in [-0.4, -0.2) is 4.98 Å². The number of aromatic nitrogens is 1. The Morgan fingerprint density at radius 1 is 1.00 bits per heavy atom. The Balaban J connectivity index is 2.17. The molecule has 1 heterocycles. The molecule has 0 N–H and O–H groups in total. The van der Waals surface area contributed by atoms with E-state index in [1.807, 2.05) is 31.2 Å². The second kappa shape index (κ2) is 5.33. The first-order chi connectivity index (χ1) is 8.86. The predicted molar refractivity (Wildman–Crippen MR) is 81.9 cm³/mol. The summed E-state index contributed by atoms with van der Waals surface area (Å²) in [6.07, 6.45) is 0. The first-order valence-electron chi connectivity index (χ1n) is 6.28. The Kier molecular flexibility index (Phi) is 3.95. The maximum atomic E-state index is 5.75. The number of pyridine rings is 1. The summed E-state index contributed by atoms with van der Waals surface area (Å²) >= 11 is 3.43. The minimum absolute atomic E-state index is 0.158. The number of hydrogen-bond acceptors (Lipinski definition) is 2. The average molecular weight is 320 g/mol. The molecule has 2 aromatic rings. The molecule has 0 atom stereocenters. The van der Waals surface area contributed by atoms with Crippen LogP contribution in [-0.2, 0) is 5.41 Å². The van der Waals surface area contributed by atoms with Gasteiger partial charge in [-0.15, -0.1) is 0 Å². The van der Waals surface area contributed by atoms with Gasteiger partial charge in [-0.05, 0) is 52.0 Å². The maximum Gasteiger partial charge on any atom is 0.219 e. The molecule has 0 unspecified atom stereocenters. The Labute approximate surface area is 123 Å². The molecule has 0 aliphatic carbocycles. The Morgan fingerprint density at radius 2 is 1.63 bits per heavy atom. The SMILES string of the molecule is Cc1nc(Oc2ccc(C(C)(C)C)cc2)ccc1Br. The van der Waals surface area contributed by atoms with E-state index in [0.717, 1.165) is 15.9 Å². The zero-order valence-corrected chi connectivity index (χ0v) is 13.3. The van der Waals surface area contributed by atoms with Gasteiger partial charge in [-0.1, -0.05) is 32.9 Å². The van der Waals surface area contributed by atoms with Crippen molar-refractivity contribution in [3.05, 3.63) is 52.1 Å². The van der Waals surface area contributed by atoms with Crippen LogP contribution in [0.4, 0.5) is 0 Å². The minimum atomic E-state index is 0.158. The molecule has 2 nitrogen and oxygen atoms in total. The van der Waals surface area contributed by atoms with E-state index in [2.05, 4.69) is 53.8 Å². The Morgan fingerprint density at radius 3 is 2.16 bits per heavy atom. The second-order valence-electron chi connectivity index (χ2n) is 5.59. The van der Waals surface area contributed by atoms with Crippen LogP contribution in [0.3, 0.4) is 0 Å². The highest BCUT2D eigenvalue weighted by Crippen LogP contribution is 2.27. The molecule has 0 spiro atoms. The average Bonchev–Trinajstić information content (AvgIpc) is 2.33. The molecule has 0 fully saturated rings. The van der Waals surface area contributed by atoms with Crippen molar-refractivity contribution in [1.82, 2.24) is 4.98 Å². The van der Waals surface area contributed by atoms with Crippen molar-refractivity contribution >= 4 is 15.9 Å². The molecule has 0 saturated carbocycles. The third-order valence-electron chi connectivity index (χ3n) is 2.94. The standard InChI is InChI=1S/C16H18BrNO/c1-11-14(17)9-10-15(18-11)19-13-7-5-12(6-8-13)16(2,3)4/h5-10H,1-4H3. The number of benzene rings is 1. The molecule has 0 amide bonds. The topological polar surface area (TPSA) is 22.1 Å². The van der Waals surface area contributed by atoms with Crippen molar-refractivity contribution in [2.24, 2.45) is 0 Å². The molecule has 1 aromatic carbocycles. The maximum absolute atomic E-state index is 5.75. The monoisotopic (exact) mass is 319 g/mol. The first-order valence-corrected chi connectivity index (χ1v) is 7.07. The van der Waals surface area contributed by atoms with Gasteiger partial charge >= 0.3 is 0 Å². The normalized spacial score (nSPS) is 11.4.